The van der Waals surface area contributed by atoms with Crippen LogP contribution in [-0.4, -0.2) is 29.4 Å². The lowest BCUT2D eigenvalue weighted by molar-refractivity contribution is -0.131. The van der Waals surface area contributed by atoms with Gasteiger partial charge in [0.2, 0.25) is 0 Å². The molecule has 1 saturated heterocycles. The van der Waals surface area contributed by atoms with Crippen LogP contribution >= 0.6 is 0 Å². The van der Waals surface area contributed by atoms with Crippen molar-refractivity contribution in [3.05, 3.63) is 24.3 Å². The van der Waals surface area contributed by atoms with Crippen LogP contribution in [-0.2, 0) is 4.79 Å². The number of urea groups is 1. The Morgan fingerprint density at radius 1 is 1.50 bits per heavy atom. The first-order valence-electron chi connectivity index (χ1n) is 5.55. The van der Waals surface area contributed by atoms with Crippen LogP contribution in [0.2, 0.25) is 0 Å². The van der Waals surface area contributed by atoms with Crippen LogP contribution in [0.5, 0.6) is 0 Å². The van der Waals surface area contributed by atoms with Gasteiger partial charge < -0.3 is 5.32 Å². The van der Waals surface area contributed by atoms with Gasteiger partial charge in [0.25, 0.3) is 5.91 Å². The first-order valence-corrected chi connectivity index (χ1v) is 5.55. The average Bonchev–Trinajstić information content (AvgIpc) is 2.55. The molecule has 1 fully saturated rings. The molecule has 86 valence electrons. The van der Waals surface area contributed by atoms with Crippen molar-refractivity contribution < 1.29 is 9.59 Å². The number of carbonyl (C=O) groups is 2. The van der Waals surface area contributed by atoms with Crippen LogP contribution in [0.25, 0.3) is 0 Å². The Kier molecular flexibility index (Phi) is 2.58. The molecule has 0 radical (unpaired) electrons. The Labute approximate surface area is 95.0 Å². The molecule has 1 unspecified atom stereocenters. The molecule has 3 amide bonds. The molecule has 4 heteroatoms. The zero-order valence-corrected chi connectivity index (χ0v) is 9.56. The van der Waals surface area contributed by atoms with E-state index in [0.29, 0.717) is 6.42 Å². The average molecular weight is 220 g/mol. The summed E-state index contributed by atoms with van der Waals surface area (Å²) in [5.74, 6) is -0.0613. The van der Waals surface area contributed by atoms with Crippen molar-refractivity contribution in [2.75, 3.05) is 7.05 Å². The molecule has 16 heavy (non-hydrogen) atoms. The lowest BCUT2D eigenvalue weighted by Crippen LogP contribution is -2.52. The van der Waals surface area contributed by atoms with E-state index in [1.165, 1.54) is 11.9 Å². The summed E-state index contributed by atoms with van der Waals surface area (Å²) in [6.07, 6.45) is 9.34. The highest BCUT2D eigenvalue weighted by Gasteiger charge is 2.52. The maximum atomic E-state index is 12.2. The summed E-state index contributed by atoms with van der Waals surface area (Å²) in [6.45, 7) is 1.93. The second kappa shape index (κ2) is 3.77. The normalized spacial score (nSPS) is 33.4. The van der Waals surface area contributed by atoms with Gasteiger partial charge in [-0.1, -0.05) is 31.2 Å². The van der Waals surface area contributed by atoms with Gasteiger partial charge in [0, 0.05) is 13.0 Å². The number of nitrogens with zero attached hydrogens (tertiary/aromatic N) is 1. The van der Waals surface area contributed by atoms with Gasteiger partial charge in [-0.3, -0.25) is 9.69 Å². The molecule has 0 aromatic carbocycles. The van der Waals surface area contributed by atoms with Gasteiger partial charge in [-0.15, -0.1) is 0 Å². The van der Waals surface area contributed by atoms with Gasteiger partial charge in [-0.05, 0) is 12.8 Å². The van der Waals surface area contributed by atoms with Gasteiger partial charge in [0.1, 0.15) is 5.54 Å². The molecule has 0 aromatic heterocycles. The number of likely N-dealkylation sites (N-methyl/N-ethyl adjacent to an activating group) is 1. The minimum atomic E-state index is -0.743. The van der Waals surface area contributed by atoms with Crippen molar-refractivity contribution in [3.63, 3.8) is 0 Å². The summed E-state index contributed by atoms with van der Waals surface area (Å²) in [6, 6.07) is -0.296. The van der Waals surface area contributed by atoms with Crippen LogP contribution in [0.3, 0.4) is 0 Å². The van der Waals surface area contributed by atoms with Gasteiger partial charge in [0.15, 0.2) is 0 Å². The molecule has 0 saturated carbocycles. The molecule has 1 N–H and O–H groups in total. The van der Waals surface area contributed by atoms with E-state index in [1.54, 1.807) is 0 Å². The quantitative estimate of drug-likeness (QED) is 0.716. The van der Waals surface area contributed by atoms with E-state index < -0.39 is 5.54 Å². The Balaban J connectivity index is 2.33. The molecule has 4 nitrogen and oxygen atoms in total. The predicted molar refractivity (Wildman–Crippen MR) is 60.7 cm³/mol. The fourth-order valence-electron chi connectivity index (χ4n) is 2.42. The van der Waals surface area contributed by atoms with Crippen molar-refractivity contribution in [1.82, 2.24) is 10.2 Å². The Bertz CT molecular complexity index is 386. The standard InChI is InChI=1S/C12H16N2O2/c1-3-12(9-7-5-4-6-8-9)10(15)14(2)11(16)13-12/h4-7,9H,3,8H2,1-2H3,(H,13,16)/t9?,12-/m0/s1. The number of nitrogens with one attached hydrogen (secondary N) is 1. The molecular formula is C12H16N2O2. The molecule has 0 spiro atoms. The topological polar surface area (TPSA) is 49.4 Å². The summed E-state index contributed by atoms with van der Waals surface area (Å²) >= 11 is 0. The predicted octanol–water partition coefficient (Wildman–Crippen LogP) is 1.45. The Morgan fingerprint density at radius 3 is 2.69 bits per heavy atom. The number of hydrogen-bond acceptors (Lipinski definition) is 2. The lowest BCUT2D eigenvalue weighted by Gasteiger charge is -2.32. The first kappa shape index (κ1) is 10.9. The van der Waals surface area contributed by atoms with Crippen LogP contribution < -0.4 is 5.32 Å². The minimum absolute atomic E-state index is 0.0592. The largest absolute Gasteiger partial charge is 0.324 e. The van der Waals surface area contributed by atoms with E-state index in [0.717, 1.165) is 6.42 Å². The molecule has 2 rings (SSSR count). The zero-order valence-electron chi connectivity index (χ0n) is 9.56. The van der Waals surface area contributed by atoms with Gasteiger partial charge in [0.05, 0.1) is 0 Å². The van der Waals surface area contributed by atoms with E-state index in [2.05, 4.69) is 5.32 Å². The summed E-state index contributed by atoms with van der Waals surface area (Å²) in [5.41, 5.74) is -0.743. The van der Waals surface area contributed by atoms with E-state index in [1.807, 2.05) is 31.2 Å². The van der Waals surface area contributed by atoms with Crippen LogP contribution in [0.1, 0.15) is 19.8 Å². The van der Waals surface area contributed by atoms with Crippen molar-refractivity contribution in [2.24, 2.45) is 5.92 Å². The van der Waals surface area contributed by atoms with E-state index in [4.69, 9.17) is 0 Å². The smallest absolute Gasteiger partial charge is 0.322 e. The molecule has 2 atom stereocenters. The second-order valence-corrected chi connectivity index (χ2v) is 4.27. The molecule has 1 aliphatic carbocycles. The highest BCUT2D eigenvalue weighted by molar-refractivity contribution is 6.07. The SMILES string of the molecule is CC[C@@]1(C2C=CC=CC2)NC(=O)N(C)C1=O. The fourth-order valence-corrected chi connectivity index (χ4v) is 2.42. The van der Waals surface area contributed by atoms with Gasteiger partial charge in [-0.2, -0.15) is 0 Å². The van der Waals surface area contributed by atoms with E-state index in [9.17, 15) is 9.59 Å². The highest BCUT2D eigenvalue weighted by Crippen LogP contribution is 2.33. The molecular weight excluding hydrogens is 204 g/mol. The fraction of sp³-hybridized carbons (Fsp3) is 0.500. The van der Waals surface area contributed by atoms with Crippen molar-refractivity contribution in [1.29, 1.82) is 0 Å². The molecule has 1 aliphatic heterocycles. The van der Waals surface area contributed by atoms with Crippen molar-refractivity contribution in [2.45, 2.75) is 25.3 Å². The first-order chi connectivity index (χ1) is 7.62. The molecule has 0 aromatic rings. The third-order valence-electron chi connectivity index (χ3n) is 3.49. The number of hydrogen-bond donors (Lipinski definition) is 1. The Hall–Kier alpha value is -1.58. The van der Waals surface area contributed by atoms with Gasteiger partial charge in [-0.25, -0.2) is 4.79 Å². The molecule has 2 aliphatic rings. The number of imide groups is 1. The molecule has 0 bridgehead atoms. The third-order valence-corrected chi connectivity index (χ3v) is 3.49. The number of amides is 3. The van der Waals surface area contributed by atoms with Crippen molar-refractivity contribution >= 4 is 11.9 Å². The van der Waals surface area contributed by atoms with Crippen LogP contribution in [0.15, 0.2) is 24.3 Å². The molecule has 1 heterocycles. The monoisotopic (exact) mass is 220 g/mol. The number of rotatable bonds is 2. The third kappa shape index (κ3) is 1.37. The van der Waals surface area contributed by atoms with Crippen LogP contribution in [0, 0.1) is 5.92 Å². The number of carbonyl (C=O) groups excluding carboxylic acids is 2. The number of allylic oxidation sites excluding steroid dienone is 3. The summed E-state index contributed by atoms with van der Waals surface area (Å²) < 4.78 is 0. The highest BCUT2D eigenvalue weighted by atomic mass is 16.2. The van der Waals surface area contributed by atoms with E-state index in [-0.39, 0.29) is 17.9 Å². The van der Waals surface area contributed by atoms with Crippen LogP contribution in [0.4, 0.5) is 4.79 Å². The maximum Gasteiger partial charge on any atom is 0.324 e. The second-order valence-electron chi connectivity index (χ2n) is 4.27. The minimum Gasteiger partial charge on any atom is -0.322 e. The van der Waals surface area contributed by atoms with Gasteiger partial charge >= 0.3 is 6.03 Å². The maximum absolute atomic E-state index is 12.2. The Morgan fingerprint density at radius 2 is 2.25 bits per heavy atom. The summed E-state index contributed by atoms with van der Waals surface area (Å²) in [4.78, 5) is 24.9. The summed E-state index contributed by atoms with van der Waals surface area (Å²) in [5, 5.41) is 2.84. The van der Waals surface area contributed by atoms with Crippen molar-refractivity contribution in [3.8, 4) is 0 Å². The van der Waals surface area contributed by atoms with E-state index >= 15 is 0 Å². The lowest BCUT2D eigenvalue weighted by atomic mass is 9.78. The zero-order chi connectivity index (χ0) is 11.8. The summed E-state index contributed by atoms with van der Waals surface area (Å²) in [7, 11) is 1.53.